The SMILES string of the molecule is CCC/C=C/CCCCCCCCCCCCCCCCC/C=C1/OC(=O)C1CCCCCCCCCCCCCCCCC/C=C/CCC. The van der Waals surface area contributed by atoms with Crippen molar-refractivity contribution in [2.75, 3.05) is 0 Å². The Morgan fingerprint density at radius 2 is 0.660 bits per heavy atom. The van der Waals surface area contributed by atoms with Crippen molar-refractivity contribution in [1.29, 1.82) is 0 Å². The zero-order valence-corrected chi connectivity index (χ0v) is 34.2. The van der Waals surface area contributed by atoms with Gasteiger partial charge in [-0.05, 0) is 63.9 Å². The Morgan fingerprint density at radius 3 is 0.980 bits per heavy atom. The van der Waals surface area contributed by atoms with Gasteiger partial charge in [0, 0.05) is 0 Å². The standard InChI is InChI=1S/C48H88O2/c1-3-5-7-9-11-13-15-17-19-21-23-25-27-29-31-33-35-37-39-41-43-45-47-46(48(49)50-47)44-42-40-38-36-34-32-30-28-26-24-22-20-18-16-14-12-10-8-6-4-2/h7-10,45-46H,3-6,11-44H2,1-2H3/b9-7+,10-8+,47-45+. The molecule has 1 rings (SSSR count). The van der Waals surface area contributed by atoms with Crippen LogP contribution in [0.2, 0.25) is 0 Å². The maximum absolute atomic E-state index is 12.0. The maximum Gasteiger partial charge on any atom is 0.321 e. The highest BCUT2D eigenvalue weighted by Gasteiger charge is 2.36. The molecule has 1 atom stereocenters. The fourth-order valence-electron chi connectivity index (χ4n) is 7.42. The van der Waals surface area contributed by atoms with Gasteiger partial charge in [0.2, 0.25) is 0 Å². The van der Waals surface area contributed by atoms with Crippen LogP contribution in [0.4, 0.5) is 0 Å². The van der Waals surface area contributed by atoms with Crippen molar-refractivity contribution in [2.24, 2.45) is 5.92 Å². The third-order valence-electron chi connectivity index (χ3n) is 10.9. The van der Waals surface area contributed by atoms with Gasteiger partial charge < -0.3 is 4.74 Å². The number of ether oxygens (including phenoxy) is 1. The molecule has 0 saturated carbocycles. The number of hydrogen-bond acceptors (Lipinski definition) is 2. The lowest BCUT2D eigenvalue weighted by molar-refractivity contribution is -0.157. The molecule has 0 aliphatic carbocycles. The van der Waals surface area contributed by atoms with Crippen LogP contribution in [-0.4, -0.2) is 5.97 Å². The molecule has 1 fully saturated rings. The molecular weight excluding hydrogens is 609 g/mol. The first-order chi connectivity index (χ1) is 24.8. The summed E-state index contributed by atoms with van der Waals surface area (Å²) in [5, 5.41) is 0. The Labute approximate surface area is 314 Å². The van der Waals surface area contributed by atoms with Gasteiger partial charge in [-0.25, -0.2) is 0 Å². The van der Waals surface area contributed by atoms with E-state index in [1.807, 2.05) is 0 Å². The minimum Gasteiger partial charge on any atom is -0.430 e. The van der Waals surface area contributed by atoms with Gasteiger partial charge in [0.15, 0.2) is 0 Å². The summed E-state index contributed by atoms with van der Waals surface area (Å²) in [6, 6.07) is 0. The van der Waals surface area contributed by atoms with Gasteiger partial charge in [-0.1, -0.05) is 224 Å². The summed E-state index contributed by atoms with van der Waals surface area (Å²) >= 11 is 0. The normalized spacial score (nSPS) is 15.5. The fourth-order valence-corrected chi connectivity index (χ4v) is 7.42. The molecule has 1 heterocycles. The van der Waals surface area contributed by atoms with E-state index in [-0.39, 0.29) is 11.9 Å². The number of allylic oxidation sites excluding steroid dienone is 5. The number of hydrogen-bond donors (Lipinski definition) is 0. The van der Waals surface area contributed by atoms with E-state index in [0.29, 0.717) is 0 Å². The van der Waals surface area contributed by atoms with Crippen LogP contribution < -0.4 is 0 Å². The van der Waals surface area contributed by atoms with Crippen molar-refractivity contribution >= 4 is 5.97 Å². The molecule has 2 heteroatoms. The molecule has 0 amide bonds. The molecule has 1 aliphatic heterocycles. The summed E-state index contributed by atoms with van der Waals surface area (Å²) in [6.07, 6.45) is 63.2. The topological polar surface area (TPSA) is 26.3 Å². The number of carbonyl (C=O) groups is 1. The predicted octanol–water partition coefficient (Wildman–Crippen LogP) is 17.0. The Bertz CT molecular complexity index is 792. The van der Waals surface area contributed by atoms with E-state index >= 15 is 0 Å². The molecular formula is C48H88O2. The van der Waals surface area contributed by atoms with E-state index in [0.717, 1.165) is 18.6 Å². The fraction of sp³-hybridized carbons (Fsp3) is 0.854. The number of carbonyl (C=O) groups excluding carboxylic acids is 1. The first-order valence-electron chi connectivity index (χ1n) is 23.0. The highest BCUT2D eigenvalue weighted by atomic mass is 16.6. The molecule has 0 radical (unpaired) electrons. The average molecular weight is 697 g/mol. The van der Waals surface area contributed by atoms with E-state index < -0.39 is 0 Å². The third kappa shape index (κ3) is 31.4. The molecule has 0 aromatic rings. The number of rotatable bonds is 40. The van der Waals surface area contributed by atoms with Crippen LogP contribution in [-0.2, 0) is 9.53 Å². The van der Waals surface area contributed by atoms with Crippen LogP contribution in [0.25, 0.3) is 0 Å². The minimum atomic E-state index is 0.0211. The van der Waals surface area contributed by atoms with Gasteiger partial charge >= 0.3 is 5.97 Å². The van der Waals surface area contributed by atoms with Gasteiger partial charge in [-0.15, -0.1) is 0 Å². The lowest BCUT2D eigenvalue weighted by atomic mass is 9.93. The average Bonchev–Trinajstić information content (AvgIpc) is 3.12. The summed E-state index contributed by atoms with van der Waals surface area (Å²) in [4.78, 5) is 12.0. The largest absolute Gasteiger partial charge is 0.430 e. The van der Waals surface area contributed by atoms with Crippen LogP contribution in [0.5, 0.6) is 0 Å². The molecule has 0 aromatic carbocycles. The number of unbranched alkanes of at least 4 members (excludes halogenated alkanes) is 33. The van der Waals surface area contributed by atoms with Crippen LogP contribution in [0.1, 0.15) is 258 Å². The highest BCUT2D eigenvalue weighted by Crippen LogP contribution is 2.32. The molecule has 0 N–H and O–H groups in total. The van der Waals surface area contributed by atoms with Crippen LogP contribution in [0.15, 0.2) is 36.1 Å². The predicted molar refractivity (Wildman–Crippen MR) is 223 cm³/mol. The first kappa shape index (κ1) is 46.7. The van der Waals surface area contributed by atoms with Crippen molar-refractivity contribution in [3.63, 3.8) is 0 Å². The lowest BCUT2D eigenvalue weighted by Gasteiger charge is -2.28. The van der Waals surface area contributed by atoms with Crippen LogP contribution in [0.3, 0.4) is 0 Å². The molecule has 50 heavy (non-hydrogen) atoms. The second-order valence-electron chi connectivity index (χ2n) is 15.9. The second kappa shape index (κ2) is 38.9. The van der Waals surface area contributed by atoms with E-state index in [1.165, 1.54) is 231 Å². The van der Waals surface area contributed by atoms with Crippen molar-refractivity contribution in [3.05, 3.63) is 36.1 Å². The summed E-state index contributed by atoms with van der Waals surface area (Å²) < 4.78 is 5.41. The van der Waals surface area contributed by atoms with Crippen molar-refractivity contribution in [2.45, 2.75) is 258 Å². The van der Waals surface area contributed by atoms with Crippen LogP contribution >= 0.6 is 0 Å². The summed E-state index contributed by atoms with van der Waals surface area (Å²) in [7, 11) is 0. The molecule has 1 saturated heterocycles. The Kier molecular flexibility index (Phi) is 36.4. The van der Waals surface area contributed by atoms with E-state index in [2.05, 4.69) is 44.2 Å². The van der Waals surface area contributed by atoms with Gasteiger partial charge in [0.1, 0.15) is 11.7 Å². The zero-order chi connectivity index (χ0) is 35.8. The van der Waals surface area contributed by atoms with Gasteiger partial charge in [-0.3, -0.25) is 4.79 Å². The molecule has 0 spiro atoms. The Balaban J connectivity index is 1.79. The highest BCUT2D eigenvalue weighted by molar-refractivity contribution is 5.82. The second-order valence-corrected chi connectivity index (χ2v) is 15.9. The lowest BCUT2D eigenvalue weighted by Crippen LogP contribution is -2.32. The molecule has 292 valence electrons. The smallest absolute Gasteiger partial charge is 0.321 e. The van der Waals surface area contributed by atoms with Gasteiger partial charge in [0.05, 0.1) is 0 Å². The molecule has 1 unspecified atom stereocenters. The van der Waals surface area contributed by atoms with Crippen LogP contribution in [0, 0.1) is 5.92 Å². The van der Waals surface area contributed by atoms with Crippen molar-refractivity contribution in [3.8, 4) is 0 Å². The minimum absolute atomic E-state index is 0.0211. The van der Waals surface area contributed by atoms with Crippen molar-refractivity contribution < 1.29 is 9.53 Å². The molecule has 0 aromatic heterocycles. The monoisotopic (exact) mass is 697 g/mol. The Morgan fingerprint density at radius 1 is 0.380 bits per heavy atom. The van der Waals surface area contributed by atoms with Gasteiger partial charge in [0.25, 0.3) is 0 Å². The molecule has 1 aliphatic rings. The van der Waals surface area contributed by atoms with Gasteiger partial charge in [-0.2, -0.15) is 0 Å². The van der Waals surface area contributed by atoms with Crippen molar-refractivity contribution in [1.82, 2.24) is 0 Å². The maximum atomic E-state index is 12.0. The zero-order valence-electron chi connectivity index (χ0n) is 34.2. The summed E-state index contributed by atoms with van der Waals surface area (Å²) in [5.41, 5.74) is 0. The van der Waals surface area contributed by atoms with E-state index in [4.69, 9.17) is 4.74 Å². The third-order valence-corrected chi connectivity index (χ3v) is 10.9. The number of esters is 1. The molecule has 2 nitrogen and oxygen atoms in total. The van der Waals surface area contributed by atoms with E-state index in [9.17, 15) is 4.79 Å². The first-order valence-corrected chi connectivity index (χ1v) is 23.0. The summed E-state index contributed by atoms with van der Waals surface area (Å²) in [5.74, 6) is 1.08. The summed E-state index contributed by atoms with van der Waals surface area (Å²) in [6.45, 7) is 4.50. The number of cyclic esters (lactones) is 1. The van der Waals surface area contributed by atoms with E-state index in [1.54, 1.807) is 0 Å². The quantitative estimate of drug-likeness (QED) is 0.0362. The Hall–Kier alpha value is -1.31. The molecule has 0 bridgehead atoms.